The maximum absolute atomic E-state index is 13.0. The van der Waals surface area contributed by atoms with Crippen LogP contribution < -0.4 is 15.8 Å². The highest BCUT2D eigenvalue weighted by atomic mass is 32.2. The lowest BCUT2D eigenvalue weighted by Gasteiger charge is -2.22. The summed E-state index contributed by atoms with van der Waals surface area (Å²) in [7, 11) is -3.74. The molecular weight excluding hydrogens is 397 g/mol. The third-order valence-corrected chi connectivity index (χ3v) is 5.24. The van der Waals surface area contributed by atoms with E-state index in [4.69, 9.17) is 5.14 Å². The van der Waals surface area contributed by atoms with Crippen LogP contribution in [0, 0.1) is 11.7 Å². The smallest absolute Gasteiger partial charge is 0.251 e. The summed E-state index contributed by atoms with van der Waals surface area (Å²) in [4.78, 5) is 24.8. The zero-order chi connectivity index (χ0) is 21.6. The van der Waals surface area contributed by atoms with Crippen LogP contribution in [0.2, 0.25) is 0 Å². The van der Waals surface area contributed by atoms with Crippen molar-refractivity contribution >= 4 is 21.8 Å². The summed E-state index contributed by atoms with van der Waals surface area (Å²) < 4.78 is 35.5. The molecule has 0 radical (unpaired) electrons. The minimum Gasteiger partial charge on any atom is -0.354 e. The average Bonchev–Trinajstić information content (AvgIpc) is 2.65. The number of amides is 2. The SMILES string of the molecule is CC(C)[C@@H](NC(=O)c1ccc(F)cc1)C(=O)NCCc1ccc(S(N)(=O)=O)cc1. The first-order valence-corrected chi connectivity index (χ1v) is 10.6. The van der Waals surface area contributed by atoms with E-state index in [0.717, 1.165) is 5.56 Å². The van der Waals surface area contributed by atoms with Gasteiger partial charge in [-0.05, 0) is 54.3 Å². The van der Waals surface area contributed by atoms with Gasteiger partial charge < -0.3 is 10.6 Å². The Kier molecular flexibility index (Phi) is 7.46. The first kappa shape index (κ1) is 22.5. The highest BCUT2D eigenvalue weighted by Crippen LogP contribution is 2.10. The maximum atomic E-state index is 13.0. The summed E-state index contributed by atoms with van der Waals surface area (Å²) in [5, 5.41) is 10.5. The van der Waals surface area contributed by atoms with Gasteiger partial charge in [0.1, 0.15) is 11.9 Å². The molecule has 2 aromatic carbocycles. The highest BCUT2D eigenvalue weighted by Gasteiger charge is 2.24. The van der Waals surface area contributed by atoms with E-state index in [9.17, 15) is 22.4 Å². The van der Waals surface area contributed by atoms with Gasteiger partial charge in [-0.15, -0.1) is 0 Å². The number of halogens is 1. The van der Waals surface area contributed by atoms with Gasteiger partial charge in [0.05, 0.1) is 4.90 Å². The second-order valence-corrected chi connectivity index (χ2v) is 8.49. The van der Waals surface area contributed by atoms with Crippen LogP contribution in [0.5, 0.6) is 0 Å². The fourth-order valence-corrected chi connectivity index (χ4v) is 3.16. The molecule has 29 heavy (non-hydrogen) atoms. The molecule has 0 fully saturated rings. The van der Waals surface area contributed by atoms with Gasteiger partial charge in [-0.2, -0.15) is 0 Å². The monoisotopic (exact) mass is 421 g/mol. The lowest BCUT2D eigenvalue weighted by Crippen LogP contribution is -2.50. The van der Waals surface area contributed by atoms with Gasteiger partial charge >= 0.3 is 0 Å². The standard InChI is InChI=1S/C20H24FN3O4S/c1-13(2)18(24-19(25)15-5-7-16(21)8-6-15)20(26)23-12-11-14-3-9-17(10-4-14)29(22,27)28/h3-10,13,18H,11-12H2,1-2H3,(H,23,26)(H,24,25)(H2,22,27,28)/t18-/m1/s1. The number of carbonyl (C=O) groups is 2. The Labute approximate surface area is 169 Å². The minimum atomic E-state index is -3.74. The fraction of sp³-hybridized carbons (Fsp3) is 0.300. The molecule has 4 N–H and O–H groups in total. The van der Waals surface area contributed by atoms with Crippen molar-refractivity contribution in [2.45, 2.75) is 31.2 Å². The molecule has 2 amide bonds. The zero-order valence-corrected chi connectivity index (χ0v) is 17.0. The predicted molar refractivity (Wildman–Crippen MR) is 107 cm³/mol. The van der Waals surface area contributed by atoms with Gasteiger partial charge in [-0.25, -0.2) is 17.9 Å². The molecule has 0 aliphatic heterocycles. The van der Waals surface area contributed by atoms with Crippen LogP contribution in [-0.4, -0.2) is 32.8 Å². The second-order valence-electron chi connectivity index (χ2n) is 6.93. The van der Waals surface area contributed by atoms with Crippen LogP contribution in [-0.2, 0) is 21.2 Å². The van der Waals surface area contributed by atoms with Gasteiger partial charge in [-0.1, -0.05) is 26.0 Å². The van der Waals surface area contributed by atoms with E-state index in [0.29, 0.717) is 13.0 Å². The maximum Gasteiger partial charge on any atom is 0.251 e. The molecule has 2 rings (SSSR count). The molecule has 0 aliphatic rings. The Morgan fingerprint density at radius 1 is 1.03 bits per heavy atom. The lowest BCUT2D eigenvalue weighted by molar-refractivity contribution is -0.123. The normalized spacial score (nSPS) is 12.4. The number of nitrogens with one attached hydrogen (secondary N) is 2. The van der Waals surface area contributed by atoms with Gasteiger partial charge in [-0.3, -0.25) is 9.59 Å². The van der Waals surface area contributed by atoms with Crippen LogP contribution in [0.3, 0.4) is 0 Å². The molecule has 2 aromatic rings. The Balaban J connectivity index is 1.92. The molecule has 0 aliphatic carbocycles. The Hall–Kier alpha value is -2.78. The Morgan fingerprint density at radius 3 is 2.14 bits per heavy atom. The third-order valence-electron chi connectivity index (χ3n) is 4.31. The van der Waals surface area contributed by atoms with E-state index in [2.05, 4.69) is 10.6 Å². The number of sulfonamides is 1. The average molecular weight is 421 g/mol. The van der Waals surface area contributed by atoms with Crippen LogP contribution in [0.15, 0.2) is 53.4 Å². The summed E-state index contributed by atoms with van der Waals surface area (Å²) in [5.74, 6) is -1.40. The van der Waals surface area contributed by atoms with Gasteiger partial charge in [0.15, 0.2) is 0 Å². The summed E-state index contributed by atoms with van der Waals surface area (Å²) in [6, 6.07) is 10.4. The number of primary sulfonamides is 1. The van der Waals surface area contributed by atoms with Crippen molar-refractivity contribution in [1.29, 1.82) is 0 Å². The van der Waals surface area contributed by atoms with Gasteiger partial charge in [0.2, 0.25) is 15.9 Å². The Bertz CT molecular complexity index is 958. The third kappa shape index (κ3) is 6.65. The second kappa shape index (κ2) is 9.62. The molecule has 156 valence electrons. The zero-order valence-electron chi connectivity index (χ0n) is 16.2. The lowest BCUT2D eigenvalue weighted by atomic mass is 10.0. The van der Waals surface area contributed by atoms with E-state index in [1.54, 1.807) is 26.0 Å². The fourth-order valence-electron chi connectivity index (χ4n) is 2.65. The first-order valence-electron chi connectivity index (χ1n) is 9.04. The van der Waals surface area contributed by atoms with E-state index >= 15 is 0 Å². The number of rotatable bonds is 8. The molecular formula is C20H24FN3O4S. The van der Waals surface area contributed by atoms with E-state index in [1.807, 2.05) is 0 Å². The number of carbonyl (C=O) groups excluding carboxylic acids is 2. The number of nitrogens with two attached hydrogens (primary N) is 1. The first-order chi connectivity index (χ1) is 13.6. The summed E-state index contributed by atoms with van der Waals surface area (Å²) in [6.45, 7) is 3.92. The molecule has 0 saturated carbocycles. The molecule has 0 heterocycles. The number of hydrogen-bond donors (Lipinski definition) is 3. The summed E-state index contributed by atoms with van der Waals surface area (Å²) in [5.41, 5.74) is 1.09. The van der Waals surface area contributed by atoms with Crippen molar-refractivity contribution in [3.8, 4) is 0 Å². The van der Waals surface area contributed by atoms with Crippen molar-refractivity contribution in [1.82, 2.24) is 10.6 Å². The molecule has 9 heteroatoms. The van der Waals surface area contributed by atoms with Crippen molar-refractivity contribution in [3.63, 3.8) is 0 Å². The molecule has 0 aromatic heterocycles. The number of benzene rings is 2. The molecule has 7 nitrogen and oxygen atoms in total. The van der Waals surface area contributed by atoms with Crippen LogP contribution in [0.4, 0.5) is 4.39 Å². The van der Waals surface area contributed by atoms with Crippen molar-refractivity contribution in [2.75, 3.05) is 6.54 Å². The molecule has 0 unspecified atom stereocenters. The van der Waals surface area contributed by atoms with Gasteiger partial charge in [0, 0.05) is 12.1 Å². The van der Waals surface area contributed by atoms with Crippen molar-refractivity contribution in [3.05, 3.63) is 65.5 Å². The molecule has 0 bridgehead atoms. The minimum absolute atomic E-state index is 0.0219. The van der Waals surface area contributed by atoms with Crippen molar-refractivity contribution < 1.29 is 22.4 Å². The highest BCUT2D eigenvalue weighted by molar-refractivity contribution is 7.89. The molecule has 0 spiro atoms. The van der Waals surface area contributed by atoms with E-state index in [-0.39, 0.29) is 22.3 Å². The quantitative estimate of drug-likeness (QED) is 0.600. The van der Waals surface area contributed by atoms with Crippen LogP contribution in [0.25, 0.3) is 0 Å². The van der Waals surface area contributed by atoms with Crippen LogP contribution in [0.1, 0.15) is 29.8 Å². The summed E-state index contributed by atoms with van der Waals surface area (Å²) in [6.07, 6.45) is 0.480. The Morgan fingerprint density at radius 2 is 1.62 bits per heavy atom. The summed E-state index contributed by atoms with van der Waals surface area (Å²) >= 11 is 0. The van der Waals surface area contributed by atoms with Crippen molar-refractivity contribution in [2.24, 2.45) is 11.1 Å². The largest absolute Gasteiger partial charge is 0.354 e. The van der Waals surface area contributed by atoms with E-state index in [1.165, 1.54) is 36.4 Å². The molecule has 1 atom stereocenters. The predicted octanol–water partition coefficient (Wildman–Crippen LogP) is 1.59. The van der Waals surface area contributed by atoms with E-state index < -0.39 is 27.8 Å². The van der Waals surface area contributed by atoms with Gasteiger partial charge in [0.25, 0.3) is 5.91 Å². The number of hydrogen-bond acceptors (Lipinski definition) is 4. The topological polar surface area (TPSA) is 118 Å². The van der Waals surface area contributed by atoms with Crippen LogP contribution >= 0.6 is 0 Å². The molecule has 0 saturated heterocycles.